The monoisotopic (exact) mass is 308 g/mol. The van der Waals surface area contributed by atoms with Crippen LogP contribution in [0.1, 0.15) is 37.1 Å². The number of rotatable bonds is 6. The van der Waals surface area contributed by atoms with Crippen LogP contribution in [0, 0.1) is 0 Å². The molecule has 0 aliphatic carbocycles. The van der Waals surface area contributed by atoms with E-state index in [1.54, 1.807) is 6.20 Å². The summed E-state index contributed by atoms with van der Waals surface area (Å²) >= 11 is 0. The van der Waals surface area contributed by atoms with E-state index in [2.05, 4.69) is 32.4 Å². The second-order valence-corrected chi connectivity index (χ2v) is 5.64. The lowest BCUT2D eigenvalue weighted by Crippen LogP contribution is -2.27. The van der Waals surface area contributed by atoms with Gasteiger partial charge in [0.05, 0.1) is 11.7 Å². The third kappa shape index (κ3) is 3.74. The Morgan fingerprint density at radius 3 is 3.00 bits per heavy atom. The molecule has 5 heteroatoms. The summed E-state index contributed by atoms with van der Waals surface area (Å²) < 4.78 is 0. The number of carbonyl (C=O) groups is 1. The van der Waals surface area contributed by atoms with Gasteiger partial charge >= 0.3 is 0 Å². The lowest BCUT2D eigenvalue weighted by molar-refractivity contribution is -0.121. The number of carbonyl (C=O) groups excluding carboxylic acids is 1. The van der Waals surface area contributed by atoms with E-state index in [0.717, 1.165) is 24.1 Å². The van der Waals surface area contributed by atoms with E-state index in [0.29, 0.717) is 6.42 Å². The van der Waals surface area contributed by atoms with E-state index >= 15 is 0 Å². The Hall–Kier alpha value is -2.69. The first kappa shape index (κ1) is 15.2. The smallest absolute Gasteiger partial charge is 0.220 e. The number of amides is 1. The van der Waals surface area contributed by atoms with Gasteiger partial charge < -0.3 is 10.3 Å². The normalized spacial score (nSPS) is 12.2. The zero-order valence-electron chi connectivity index (χ0n) is 13.1. The summed E-state index contributed by atoms with van der Waals surface area (Å²) in [5, 5.41) is 4.21. The van der Waals surface area contributed by atoms with Crippen molar-refractivity contribution in [3.63, 3.8) is 0 Å². The maximum absolute atomic E-state index is 12.1. The molecule has 2 N–H and O–H groups in total. The van der Waals surface area contributed by atoms with Gasteiger partial charge in [-0.1, -0.05) is 18.2 Å². The van der Waals surface area contributed by atoms with Crippen LogP contribution in [0.25, 0.3) is 10.9 Å². The Bertz CT molecular complexity index is 782. The van der Waals surface area contributed by atoms with E-state index in [4.69, 9.17) is 0 Å². The second kappa shape index (κ2) is 7.05. The fourth-order valence-electron chi connectivity index (χ4n) is 2.72. The van der Waals surface area contributed by atoms with Gasteiger partial charge in [0.1, 0.15) is 6.33 Å². The molecular formula is C18H20N4O. The molecule has 0 aliphatic rings. The summed E-state index contributed by atoms with van der Waals surface area (Å²) in [4.78, 5) is 23.4. The fourth-order valence-corrected chi connectivity index (χ4v) is 2.72. The van der Waals surface area contributed by atoms with Crippen LogP contribution in [0.2, 0.25) is 0 Å². The molecule has 0 saturated heterocycles. The molecule has 1 atom stereocenters. The molecule has 3 rings (SSSR count). The van der Waals surface area contributed by atoms with Crippen molar-refractivity contribution in [2.24, 2.45) is 0 Å². The number of hydrogen-bond donors (Lipinski definition) is 2. The van der Waals surface area contributed by atoms with Gasteiger partial charge in [0.25, 0.3) is 0 Å². The lowest BCUT2D eigenvalue weighted by Gasteiger charge is -2.12. The van der Waals surface area contributed by atoms with Gasteiger partial charge in [-0.25, -0.2) is 9.97 Å². The molecule has 1 unspecified atom stereocenters. The zero-order valence-corrected chi connectivity index (χ0v) is 13.1. The van der Waals surface area contributed by atoms with E-state index in [1.165, 1.54) is 17.3 Å². The summed E-state index contributed by atoms with van der Waals surface area (Å²) in [6, 6.07) is 9.95. The van der Waals surface area contributed by atoms with Crippen LogP contribution >= 0.6 is 0 Å². The largest absolute Gasteiger partial charge is 0.361 e. The molecule has 3 aromatic rings. The molecular weight excluding hydrogens is 288 g/mol. The van der Waals surface area contributed by atoms with Crippen molar-refractivity contribution in [1.82, 2.24) is 20.3 Å². The molecule has 0 aliphatic heterocycles. The highest BCUT2D eigenvalue weighted by molar-refractivity contribution is 5.83. The summed E-state index contributed by atoms with van der Waals surface area (Å²) in [5.74, 6) is 0.0518. The second-order valence-electron chi connectivity index (χ2n) is 5.64. The molecule has 0 fully saturated rings. The van der Waals surface area contributed by atoms with Crippen molar-refractivity contribution < 1.29 is 4.79 Å². The van der Waals surface area contributed by atoms with Crippen LogP contribution in [-0.2, 0) is 11.2 Å². The maximum atomic E-state index is 12.1. The van der Waals surface area contributed by atoms with Crippen LogP contribution in [-0.4, -0.2) is 20.9 Å². The third-order valence-electron chi connectivity index (χ3n) is 3.95. The average molecular weight is 308 g/mol. The van der Waals surface area contributed by atoms with Crippen LogP contribution in [0.5, 0.6) is 0 Å². The Morgan fingerprint density at radius 1 is 1.30 bits per heavy atom. The van der Waals surface area contributed by atoms with Crippen molar-refractivity contribution in [3.05, 3.63) is 60.3 Å². The van der Waals surface area contributed by atoms with Crippen molar-refractivity contribution in [2.75, 3.05) is 0 Å². The molecule has 5 nitrogen and oxygen atoms in total. The van der Waals surface area contributed by atoms with Gasteiger partial charge in [0, 0.05) is 29.7 Å². The van der Waals surface area contributed by atoms with Crippen molar-refractivity contribution in [2.45, 2.75) is 32.2 Å². The molecule has 0 saturated carbocycles. The minimum atomic E-state index is -0.0985. The number of benzene rings is 1. The highest BCUT2D eigenvalue weighted by Crippen LogP contribution is 2.19. The number of nitrogens with zero attached hydrogens (tertiary/aromatic N) is 2. The number of aromatic nitrogens is 3. The number of H-pyrrole nitrogens is 1. The standard InChI is InChI=1S/C18H20N4O/c1-13(16-9-10-19-12-21-16)22-18(23)8-4-5-14-11-20-17-7-3-2-6-15(14)17/h2-3,6-7,9-13,20H,4-5,8H2,1H3,(H,22,23). The molecule has 23 heavy (non-hydrogen) atoms. The predicted molar refractivity (Wildman–Crippen MR) is 89.8 cm³/mol. The molecule has 2 aromatic heterocycles. The lowest BCUT2D eigenvalue weighted by atomic mass is 10.1. The molecule has 2 heterocycles. The molecule has 1 amide bonds. The first-order valence-electron chi connectivity index (χ1n) is 7.84. The van der Waals surface area contributed by atoms with Crippen LogP contribution < -0.4 is 5.32 Å². The highest BCUT2D eigenvalue weighted by atomic mass is 16.1. The Labute approximate surface area is 135 Å². The number of nitrogens with one attached hydrogen (secondary N) is 2. The van der Waals surface area contributed by atoms with E-state index in [9.17, 15) is 4.79 Å². The first-order valence-corrected chi connectivity index (χ1v) is 7.84. The molecule has 0 spiro atoms. The first-order chi connectivity index (χ1) is 11.2. The van der Waals surface area contributed by atoms with Gasteiger partial charge in [0.15, 0.2) is 0 Å². The Kier molecular flexibility index (Phi) is 4.66. The highest BCUT2D eigenvalue weighted by Gasteiger charge is 2.10. The van der Waals surface area contributed by atoms with Crippen LogP contribution in [0.15, 0.2) is 49.1 Å². The van der Waals surface area contributed by atoms with Gasteiger partial charge in [-0.15, -0.1) is 0 Å². The summed E-state index contributed by atoms with van der Waals surface area (Å²) in [6.07, 6.45) is 7.43. The van der Waals surface area contributed by atoms with Crippen molar-refractivity contribution in [1.29, 1.82) is 0 Å². The number of fused-ring (bicyclic) bond motifs is 1. The third-order valence-corrected chi connectivity index (χ3v) is 3.95. The zero-order chi connectivity index (χ0) is 16.1. The van der Waals surface area contributed by atoms with E-state index in [1.807, 2.05) is 31.3 Å². The quantitative estimate of drug-likeness (QED) is 0.735. The summed E-state index contributed by atoms with van der Waals surface area (Å²) in [6.45, 7) is 1.93. The minimum Gasteiger partial charge on any atom is -0.361 e. The van der Waals surface area contributed by atoms with Gasteiger partial charge in [-0.3, -0.25) is 4.79 Å². The van der Waals surface area contributed by atoms with Crippen LogP contribution in [0.4, 0.5) is 0 Å². The van der Waals surface area contributed by atoms with Gasteiger partial charge in [0.2, 0.25) is 5.91 Å². The van der Waals surface area contributed by atoms with Crippen molar-refractivity contribution >= 4 is 16.8 Å². The van der Waals surface area contributed by atoms with Crippen molar-refractivity contribution in [3.8, 4) is 0 Å². The topological polar surface area (TPSA) is 70.7 Å². The number of aromatic amines is 1. The van der Waals surface area contributed by atoms with E-state index < -0.39 is 0 Å². The fraction of sp³-hybridized carbons (Fsp3) is 0.278. The summed E-state index contributed by atoms with van der Waals surface area (Å²) in [7, 11) is 0. The van der Waals surface area contributed by atoms with E-state index in [-0.39, 0.29) is 11.9 Å². The SMILES string of the molecule is CC(NC(=O)CCCc1c[nH]c2ccccc12)c1ccncn1. The maximum Gasteiger partial charge on any atom is 0.220 e. The average Bonchev–Trinajstić information content (AvgIpc) is 2.99. The van der Waals surface area contributed by atoms with Gasteiger partial charge in [-0.05, 0) is 37.5 Å². The summed E-state index contributed by atoms with van der Waals surface area (Å²) in [5.41, 5.74) is 3.23. The molecule has 1 aromatic carbocycles. The number of para-hydroxylation sites is 1. The molecule has 0 bridgehead atoms. The Balaban J connectivity index is 1.50. The Morgan fingerprint density at radius 2 is 2.17 bits per heavy atom. The molecule has 118 valence electrons. The molecule has 0 radical (unpaired) electrons. The van der Waals surface area contributed by atoms with Crippen LogP contribution in [0.3, 0.4) is 0 Å². The number of aryl methyl sites for hydroxylation is 1. The number of hydrogen-bond acceptors (Lipinski definition) is 3. The van der Waals surface area contributed by atoms with Gasteiger partial charge in [-0.2, -0.15) is 0 Å². The minimum absolute atomic E-state index is 0.0518. The predicted octanol–water partition coefficient (Wildman–Crippen LogP) is 3.16.